The normalized spacial score (nSPS) is 14.6. The van der Waals surface area contributed by atoms with Gasteiger partial charge in [0.15, 0.2) is 0 Å². The minimum atomic E-state index is -0.240. The summed E-state index contributed by atoms with van der Waals surface area (Å²) in [7, 11) is 0. The number of nitrogens with two attached hydrogens (primary N) is 1. The van der Waals surface area contributed by atoms with Gasteiger partial charge in [-0.2, -0.15) is 0 Å². The van der Waals surface area contributed by atoms with Crippen LogP contribution >= 0.6 is 0 Å². The molecule has 0 fully saturated rings. The zero-order valence-corrected chi connectivity index (χ0v) is 9.49. The van der Waals surface area contributed by atoms with Gasteiger partial charge in [0.05, 0.1) is 0 Å². The lowest BCUT2D eigenvalue weighted by Crippen LogP contribution is -2.12. The van der Waals surface area contributed by atoms with Crippen molar-refractivity contribution in [2.75, 3.05) is 5.73 Å². The molecule has 88 valence electrons. The molecule has 1 aromatic carbocycles. The van der Waals surface area contributed by atoms with Crippen molar-refractivity contribution in [2.24, 2.45) is 0 Å². The third-order valence-electron chi connectivity index (χ3n) is 3.24. The van der Waals surface area contributed by atoms with Crippen LogP contribution in [0.5, 0.6) is 0 Å². The fraction of sp³-hybridized carbons (Fsp3) is 0.308. The second-order valence-corrected chi connectivity index (χ2v) is 4.38. The molecule has 0 saturated heterocycles. The highest BCUT2D eigenvalue weighted by Crippen LogP contribution is 2.29. The molecule has 1 aliphatic rings. The van der Waals surface area contributed by atoms with E-state index in [2.05, 4.69) is 9.55 Å². The van der Waals surface area contributed by atoms with Crippen LogP contribution < -0.4 is 5.73 Å². The summed E-state index contributed by atoms with van der Waals surface area (Å²) in [6, 6.07) is 6.32. The van der Waals surface area contributed by atoms with Crippen LogP contribution in [0.25, 0.3) is 11.3 Å². The summed E-state index contributed by atoms with van der Waals surface area (Å²) < 4.78 is 14.9. The van der Waals surface area contributed by atoms with Crippen LogP contribution in [0, 0.1) is 5.82 Å². The molecule has 0 spiro atoms. The molecule has 17 heavy (non-hydrogen) atoms. The SMILES string of the molecule is Nc1c(-c2ccc(F)cc2)nc2n1CCCC2. The Balaban J connectivity index is 2.09. The number of benzene rings is 1. The Morgan fingerprint density at radius 2 is 1.94 bits per heavy atom. The van der Waals surface area contributed by atoms with Crippen LogP contribution in [0.15, 0.2) is 24.3 Å². The largest absolute Gasteiger partial charge is 0.383 e. The lowest BCUT2D eigenvalue weighted by Gasteiger charge is -2.14. The summed E-state index contributed by atoms with van der Waals surface area (Å²) in [4.78, 5) is 4.57. The average Bonchev–Trinajstić information content (AvgIpc) is 2.69. The minimum Gasteiger partial charge on any atom is -0.383 e. The van der Waals surface area contributed by atoms with E-state index in [4.69, 9.17) is 5.73 Å². The number of rotatable bonds is 1. The van der Waals surface area contributed by atoms with Crippen molar-refractivity contribution in [3.63, 3.8) is 0 Å². The number of nitrogen functional groups attached to an aromatic ring is 1. The van der Waals surface area contributed by atoms with Gasteiger partial charge in [0.25, 0.3) is 0 Å². The number of nitrogens with zero attached hydrogens (tertiary/aromatic N) is 2. The maximum Gasteiger partial charge on any atom is 0.131 e. The zero-order chi connectivity index (χ0) is 11.8. The molecule has 0 saturated carbocycles. The second-order valence-electron chi connectivity index (χ2n) is 4.38. The molecule has 0 aliphatic carbocycles. The van der Waals surface area contributed by atoms with Gasteiger partial charge in [0.2, 0.25) is 0 Å². The first-order valence-electron chi connectivity index (χ1n) is 5.86. The average molecular weight is 231 g/mol. The van der Waals surface area contributed by atoms with Crippen LogP contribution in [0.3, 0.4) is 0 Å². The van der Waals surface area contributed by atoms with Gasteiger partial charge >= 0.3 is 0 Å². The van der Waals surface area contributed by atoms with Crippen molar-refractivity contribution < 1.29 is 4.39 Å². The number of aromatic nitrogens is 2. The highest BCUT2D eigenvalue weighted by atomic mass is 19.1. The first-order chi connectivity index (χ1) is 8.25. The highest BCUT2D eigenvalue weighted by molar-refractivity contribution is 5.71. The summed E-state index contributed by atoms with van der Waals surface area (Å²) in [6.45, 7) is 0.940. The molecule has 2 heterocycles. The molecule has 0 unspecified atom stereocenters. The first-order valence-corrected chi connectivity index (χ1v) is 5.86. The van der Waals surface area contributed by atoms with Crippen LogP contribution in [0.1, 0.15) is 18.7 Å². The van der Waals surface area contributed by atoms with Crippen molar-refractivity contribution in [1.82, 2.24) is 9.55 Å². The molecule has 1 aliphatic heterocycles. The molecule has 0 bridgehead atoms. The molecule has 0 radical (unpaired) electrons. The quantitative estimate of drug-likeness (QED) is 0.819. The maximum absolute atomic E-state index is 12.9. The van der Waals surface area contributed by atoms with Crippen LogP contribution in [-0.2, 0) is 13.0 Å². The molecular formula is C13H14FN3. The smallest absolute Gasteiger partial charge is 0.131 e. The fourth-order valence-electron chi connectivity index (χ4n) is 2.33. The fourth-order valence-corrected chi connectivity index (χ4v) is 2.33. The van der Waals surface area contributed by atoms with Crippen molar-refractivity contribution in [1.29, 1.82) is 0 Å². The summed E-state index contributed by atoms with van der Waals surface area (Å²) >= 11 is 0. The number of anilines is 1. The molecule has 3 rings (SSSR count). The predicted octanol–water partition coefficient (Wildman–Crippen LogP) is 2.61. The predicted molar refractivity (Wildman–Crippen MR) is 65.0 cm³/mol. The Bertz CT molecular complexity index is 543. The molecule has 0 amide bonds. The highest BCUT2D eigenvalue weighted by Gasteiger charge is 2.18. The molecule has 0 atom stereocenters. The van der Waals surface area contributed by atoms with Crippen LogP contribution in [-0.4, -0.2) is 9.55 Å². The van der Waals surface area contributed by atoms with Crippen molar-refractivity contribution in [2.45, 2.75) is 25.8 Å². The van der Waals surface area contributed by atoms with Gasteiger partial charge in [-0.1, -0.05) is 0 Å². The van der Waals surface area contributed by atoms with Gasteiger partial charge in [-0.25, -0.2) is 9.37 Å². The van der Waals surface area contributed by atoms with E-state index < -0.39 is 0 Å². The van der Waals surface area contributed by atoms with E-state index in [1.54, 1.807) is 12.1 Å². The minimum absolute atomic E-state index is 0.240. The van der Waals surface area contributed by atoms with E-state index in [0.717, 1.165) is 36.5 Å². The zero-order valence-electron chi connectivity index (χ0n) is 9.49. The van der Waals surface area contributed by atoms with Gasteiger partial charge < -0.3 is 10.3 Å². The van der Waals surface area contributed by atoms with Gasteiger partial charge in [-0.15, -0.1) is 0 Å². The summed E-state index contributed by atoms with van der Waals surface area (Å²) in [5.41, 5.74) is 7.76. The van der Waals surface area contributed by atoms with Crippen molar-refractivity contribution >= 4 is 5.82 Å². The third-order valence-corrected chi connectivity index (χ3v) is 3.24. The summed E-state index contributed by atoms with van der Waals surface area (Å²) in [5, 5.41) is 0. The van der Waals surface area contributed by atoms with E-state index in [1.165, 1.54) is 18.6 Å². The Kier molecular flexibility index (Phi) is 2.35. The van der Waals surface area contributed by atoms with E-state index in [-0.39, 0.29) is 5.82 Å². The molecule has 1 aromatic heterocycles. The Morgan fingerprint density at radius 3 is 2.65 bits per heavy atom. The summed E-state index contributed by atoms with van der Waals surface area (Å²) in [5.74, 6) is 1.51. The van der Waals surface area contributed by atoms with Crippen molar-refractivity contribution in [3.8, 4) is 11.3 Å². The molecule has 3 nitrogen and oxygen atoms in total. The van der Waals surface area contributed by atoms with Crippen molar-refractivity contribution in [3.05, 3.63) is 35.9 Å². The Labute approximate surface area is 99.1 Å². The topological polar surface area (TPSA) is 43.8 Å². The van der Waals surface area contributed by atoms with Crippen LogP contribution in [0.2, 0.25) is 0 Å². The Hall–Kier alpha value is -1.84. The lowest BCUT2D eigenvalue weighted by atomic mass is 10.1. The number of imidazole rings is 1. The lowest BCUT2D eigenvalue weighted by molar-refractivity contribution is 0.527. The van der Waals surface area contributed by atoms with E-state index in [0.29, 0.717) is 5.82 Å². The molecule has 2 N–H and O–H groups in total. The van der Waals surface area contributed by atoms with E-state index in [9.17, 15) is 4.39 Å². The monoisotopic (exact) mass is 231 g/mol. The number of hydrogen-bond acceptors (Lipinski definition) is 2. The molecular weight excluding hydrogens is 217 g/mol. The van der Waals surface area contributed by atoms with Gasteiger partial charge in [-0.05, 0) is 37.1 Å². The van der Waals surface area contributed by atoms with Gasteiger partial charge in [0, 0.05) is 18.5 Å². The van der Waals surface area contributed by atoms with E-state index >= 15 is 0 Å². The number of aryl methyl sites for hydroxylation is 1. The Morgan fingerprint density at radius 1 is 1.18 bits per heavy atom. The molecule has 2 aromatic rings. The molecule has 4 heteroatoms. The van der Waals surface area contributed by atoms with Crippen LogP contribution in [0.4, 0.5) is 10.2 Å². The number of fused-ring (bicyclic) bond motifs is 1. The maximum atomic E-state index is 12.9. The standard InChI is InChI=1S/C13H14FN3/c14-10-6-4-9(5-7-10)12-13(15)17-8-2-1-3-11(17)16-12/h4-7H,1-3,8,15H2. The third kappa shape index (κ3) is 1.69. The number of hydrogen-bond donors (Lipinski definition) is 1. The van der Waals surface area contributed by atoms with Gasteiger partial charge in [0.1, 0.15) is 23.2 Å². The van der Waals surface area contributed by atoms with Gasteiger partial charge in [-0.3, -0.25) is 0 Å². The first kappa shape index (κ1) is 10.3. The second kappa shape index (κ2) is 3.87. The summed E-state index contributed by atoms with van der Waals surface area (Å²) in [6.07, 6.45) is 3.29. The number of halogens is 1. The van der Waals surface area contributed by atoms with E-state index in [1.807, 2.05) is 0 Å².